The van der Waals surface area contributed by atoms with Crippen LogP contribution in [0.25, 0.3) is 16.8 Å². The molecular formula is C32H34N2O2. The smallest absolute Gasteiger partial charge is 0.178 e. The van der Waals surface area contributed by atoms with Crippen LogP contribution in [0.2, 0.25) is 0 Å². The van der Waals surface area contributed by atoms with Crippen molar-refractivity contribution in [3.63, 3.8) is 0 Å². The summed E-state index contributed by atoms with van der Waals surface area (Å²) in [5.74, 6) is 0.808. The Hall–Kier alpha value is -3.60. The number of nitrogens with one attached hydrogen (secondary N) is 1. The van der Waals surface area contributed by atoms with E-state index in [1.54, 1.807) is 0 Å². The minimum absolute atomic E-state index is 0.0649. The topological polar surface area (TPSA) is 44.7 Å². The van der Waals surface area contributed by atoms with Crippen LogP contribution in [0.15, 0.2) is 91.0 Å². The van der Waals surface area contributed by atoms with Crippen LogP contribution >= 0.6 is 0 Å². The lowest BCUT2D eigenvalue weighted by Gasteiger charge is -2.37. The maximum absolute atomic E-state index is 10.5. The molecule has 0 unspecified atom stereocenters. The molecule has 4 nitrogen and oxygen atoms in total. The zero-order valence-corrected chi connectivity index (χ0v) is 21.1. The van der Waals surface area contributed by atoms with E-state index >= 15 is 0 Å². The zero-order chi connectivity index (χ0) is 25.0. The molecular weight excluding hydrogens is 444 g/mol. The fourth-order valence-electron chi connectivity index (χ4n) is 5.14. The number of fused-ring (bicyclic) bond motifs is 3. The number of ether oxygens (including phenoxy) is 1. The van der Waals surface area contributed by atoms with Crippen molar-refractivity contribution < 1.29 is 9.84 Å². The third-order valence-electron chi connectivity index (χ3n) is 6.96. The summed E-state index contributed by atoms with van der Waals surface area (Å²) >= 11 is 0. The molecule has 0 radical (unpaired) electrons. The van der Waals surface area contributed by atoms with E-state index in [9.17, 15) is 5.11 Å². The summed E-state index contributed by atoms with van der Waals surface area (Å²) in [7, 11) is 4.21. The van der Waals surface area contributed by atoms with Crippen LogP contribution in [0.5, 0.6) is 5.75 Å². The highest BCUT2D eigenvalue weighted by molar-refractivity contribution is 6.03. The molecule has 5 rings (SSSR count). The van der Waals surface area contributed by atoms with Crippen LogP contribution in [0.1, 0.15) is 35.1 Å². The molecule has 0 amide bonds. The van der Waals surface area contributed by atoms with Gasteiger partial charge in [-0.3, -0.25) is 0 Å². The van der Waals surface area contributed by atoms with E-state index in [0.717, 1.165) is 70.4 Å². The molecule has 1 aliphatic heterocycles. The lowest BCUT2D eigenvalue weighted by atomic mass is 9.82. The lowest BCUT2D eigenvalue weighted by Crippen LogP contribution is -2.34. The summed E-state index contributed by atoms with van der Waals surface area (Å²) in [5, 5.41) is 16.3. The molecule has 2 N–H and O–H groups in total. The van der Waals surface area contributed by atoms with Gasteiger partial charge in [0.2, 0.25) is 0 Å². The molecule has 4 aromatic rings. The van der Waals surface area contributed by atoms with Crippen molar-refractivity contribution in [2.24, 2.45) is 0 Å². The van der Waals surface area contributed by atoms with Crippen molar-refractivity contribution in [2.45, 2.75) is 25.0 Å². The van der Waals surface area contributed by atoms with Crippen LogP contribution in [0.4, 0.5) is 5.69 Å². The number of aliphatic hydroxyl groups is 1. The predicted octanol–water partition coefficient (Wildman–Crippen LogP) is 6.44. The van der Waals surface area contributed by atoms with Gasteiger partial charge in [-0.2, -0.15) is 0 Å². The van der Waals surface area contributed by atoms with Crippen LogP contribution in [0.3, 0.4) is 0 Å². The number of benzene rings is 4. The van der Waals surface area contributed by atoms with E-state index in [4.69, 9.17) is 4.74 Å². The Kier molecular flexibility index (Phi) is 7.08. The molecule has 0 saturated carbocycles. The van der Waals surface area contributed by atoms with Gasteiger partial charge in [0.1, 0.15) is 5.75 Å². The summed E-state index contributed by atoms with van der Waals surface area (Å²) in [6.07, 6.45) is 6.45. The summed E-state index contributed by atoms with van der Waals surface area (Å²) in [6.45, 7) is 1.85. The molecule has 4 heteroatoms. The highest BCUT2D eigenvalue weighted by Gasteiger charge is 2.38. The Bertz CT molecular complexity index is 1310. The van der Waals surface area contributed by atoms with Crippen molar-refractivity contribution in [1.29, 1.82) is 0 Å². The largest absolute Gasteiger partial charge is 0.472 e. The van der Waals surface area contributed by atoms with E-state index in [0.29, 0.717) is 0 Å². The van der Waals surface area contributed by atoms with Gasteiger partial charge in [0.15, 0.2) is 5.60 Å². The predicted molar refractivity (Wildman–Crippen MR) is 149 cm³/mol. The Morgan fingerprint density at radius 1 is 0.806 bits per heavy atom. The van der Waals surface area contributed by atoms with Gasteiger partial charge >= 0.3 is 0 Å². The van der Waals surface area contributed by atoms with Gasteiger partial charge in [0, 0.05) is 45.3 Å². The van der Waals surface area contributed by atoms with E-state index in [2.05, 4.69) is 78.9 Å². The van der Waals surface area contributed by atoms with Crippen molar-refractivity contribution >= 4 is 22.5 Å². The van der Waals surface area contributed by atoms with Crippen LogP contribution < -0.4 is 10.1 Å². The molecule has 0 atom stereocenters. The van der Waals surface area contributed by atoms with Gasteiger partial charge in [0.25, 0.3) is 0 Å². The van der Waals surface area contributed by atoms with Crippen LogP contribution in [-0.4, -0.2) is 37.2 Å². The normalized spacial score (nSPS) is 14.0. The van der Waals surface area contributed by atoms with Gasteiger partial charge in [0.05, 0.1) is 6.61 Å². The number of hydrogen-bond acceptors (Lipinski definition) is 4. The van der Waals surface area contributed by atoms with Gasteiger partial charge < -0.3 is 20.1 Å². The number of nitrogens with zero attached hydrogens (tertiary/aromatic N) is 1. The number of anilines is 1. The molecule has 0 fully saturated rings. The fourth-order valence-corrected chi connectivity index (χ4v) is 5.14. The quantitative estimate of drug-likeness (QED) is 0.272. The van der Waals surface area contributed by atoms with Gasteiger partial charge in [-0.05, 0) is 39.6 Å². The second kappa shape index (κ2) is 10.6. The molecule has 1 heterocycles. The second-order valence-corrected chi connectivity index (χ2v) is 9.64. The van der Waals surface area contributed by atoms with E-state index in [-0.39, 0.29) is 6.61 Å². The monoisotopic (exact) mass is 478 g/mol. The van der Waals surface area contributed by atoms with Crippen molar-refractivity contribution in [3.8, 4) is 5.75 Å². The molecule has 0 aromatic heterocycles. The van der Waals surface area contributed by atoms with Gasteiger partial charge in [-0.25, -0.2) is 0 Å². The minimum atomic E-state index is -0.758. The summed E-state index contributed by atoms with van der Waals surface area (Å²) < 4.78 is 7.04. The van der Waals surface area contributed by atoms with Crippen molar-refractivity contribution in [1.82, 2.24) is 4.90 Å². The third-order valence-corrected chi connectivity index (χ3v) is 6.96. The Labute approximate surface area is 213 Å². The highest BCUT2D eigenvalue weighted by atomic mass is 16.5. The Morgan fingerprint density at radius 2 is 1.42 bits per heavy atom. The van der Waals surface area contributed by atoms with Crippen LogP contribution in [0, 0.1) is 0 Å². The SMILES string of the molecule is CN(C)CCCCNc1c(CO)c2c(c3ccccc13)OC(c1ccccc1)(c1ccccc1)C=C2. The molecule has 1 aliphatic rings. The standard InChI is InChI=1S/C32H34N2O2/c1-34(2)22-12-11-21-33-30-26-17-9-10-18-27(26)31-28(29(30)23-35)19-20-32(36-31,24-13-5-3-6-14-24)25-15-7-4-8-16-25/h3-10,13-20,33,35H,11-12,21-23H2,1-2H3. The number of unbranched alkanes of at least 4 members (excludes halogenated alkanes) is 1. The lowest BCUT2D eigenvalue weighted by molar-refractivity contribution is 0.163. The molecule has 0 spiro atoms. The average Bonchev–Trinajstić information content (AvgIpc) is 2.93. The third kappa shape index (κ3) is 4.50. The number of hydrogen-bond donors (Lipinski definition) is 2. The summed E-state index contributed by atoms with van der Waals surface area (Å²) in [4.78, 5) is 2.21. The summed E-state index contributed by atoms with van der Waals surface area (Å²) in [6, 6.07) is 29.0. The second-order valence-electron chi connectivity index (χ2n) is 9.64. The molecule has 0 saturated heterocycles. The maximum atomic E-state index is 10.5. The molecule has 184 valence electrons. The van der Waals surface area contributed by atoms with Crippen molar-refractivity contribution in [2.75, 3.05) is 32.5 Å². The first kappa shape index (κ1) is 24.1. The summed E-state index contributed by atoms with van der Waals surface area (Å²) in [5.41, 5.74) is 4.19. The van der Waals surface area contributed by atoms with Crippen molar-refractivity contribution in [3.05, 3.63) is 113 Å². The molecule has 4 aromatic carbocycles. The van der Waals surface area contributed by atoms with E-state index in [1.807, 2.05) is 42.5 Å². The van der Waals surface area contributed by atoms with Gasteiger partial charge in [-0.1, -0.05) is 91.0 Å². The number of rotatable bonds is 9. The molecule has 0 bridgehead atoms. The number of aliphatic hydroxyl groups excluding tert-OH is 1. The fraction of sp³-hybridized carbons (Fsp3) is 0.250. The van der Waals surface area contributed by atoms with E-state index < -0.39 is 5.60 Å². The van der Waals surface area contributed by atoms with Crippen LogP contribution in [-0.2, 0) is 12.2 Å². The van der Waals surface area contributed by atoms with E-state index in [1.165, 1.54) is 0 Å². The first-order valence-corrected chi connectivity index (χ1v) is 12.7. The maximum Gasteiger partial charge on any atom is 0.178 e. The minimum Gasteiger partial charge on any atom is -0.472 e. The van der Waals surface area contributed by atoms with Gasteiger partial charge in [-0.15, -0.1) is 0 Å². The Morgan fingerprint density at radius 3 is 2.03 bits per heavy atom. The Balaban J connectivity index is 1.62. The first-order valence-electron chi connectivity index (χ1n) is 12.7. The average molecular weight is 479 g/mol. The first-order chi connectivity index (χ1) is 17.6. The zero-order valence-electron chi connectivity index (χ0n) is 21.1. The molecule has 36 heavy (non-hydrogen) atoms. The molecule has 0 aliphatic carbocycles. The highest BCUT2D eigenvalue weighted by Crippen LogP contribution is 2.48.